The molecule has 4 nitrogen and oxygen atoms in total. The van der Waals surface area contributed by atoms with Gasteiger partial charge in [0.15, 0.2) is 0 Å². The highest BCUT2D eigenvalue weighted by Crippen LogP contribution is 2.00. The predicted molar refractivity (Wildman–Crippen MR) is 56.2 cm³/mol. The fourth-order valence-electron chi connectivity index (χ4n) is 0.805. The van der Waals surface area contributed by atoms with Crippen LogP contribution < -0.4 is 0 Å². The van der Waals surface area contributed by atoms with Gasteiger partial charge in [0.25, 0.3) is 0 Å². The van der Waals surface area contributed by atoms with Gasteiger partial charge in [-0.3, -0.25) is 4.79 Å². The van der Waals surface area contributed by atoms with Gasteiger partial charge in [-0.15, -0.1) is 0 Å². The van der Waals surface area contributed by atoms with Crippen LogP contribution in [0.2, 0.25) is 0 Å². The summed E-state index contributed by atoms with van der Waals surface area (Å²) in [6.45, 7) is 9.04. The number of carbonyl (C=O) groups excluding carboxylic acids is 2. The van der Waals surface area contributed by atoms with E-state index in [1.165, 1.54) is 0 Å². The second-order valence-corrected chi connectivity index (χ2v) is 3.73. The normalized spacial score (nSPS) is 9.87. The molecule has 0 amide bonds. The highest BCUT2D eigenvalue weighted by molar-refractivity contribution is 5.86. The molecule has 0 bridgehead atoms. The lowest BCUT2D eigenvalue weighted by Gasteiger charge is -2.07. The molecule has 0 radical (unpaired) electrons. The minimum Gasteiger partial charge on any atom is -0.462 e. The Hall–Kier alpha value is -1.32. The summed E-state index contributed by atoms with van der Waals surface area (Å²) in [6, 6.07) is 0. The minimum atomic E-state index is -0.463. The van der Waals surface area contributed by atoms with Crippen molar-refractivity contribution in [3.05, 3.63) is 12.2 Å². The zero-order valence-electron chi connectivity index (χ0n) is 9.54. The molecule has 0 rings (SSSR count). The van der Waals surface area contributed by atoms with Crippen LogP contribution in [0.4, 0.5) is 0 Å². The molecule has 0 aromatic carbocycles. The van der Waals surface area contributed by atoms with Crippen LogP contribution in [0.1, 0.15) is 27.2 Å². The Morgan fingerprint density at radius 3 is 2.20 bits per heavy atom. The van der Waals surface area contributed by atoms with E-state index in [0.717, 1.165) is 0 Å². The van der Waals surface area contributed by atoms with E-state index in [1.54, 1.807) is 6.92 Å². The fourth-order valence-corrected chi connectivity index (χ4v) is 0.805. The highest BCUT2D eigenvalue weighted by Gasteiger charge is 2.07. The predicted octanol–water partition coefficient (Wildman–Crippen LogP) is 1.70. The maximum atomic E-state index is 11.1. The van der Waals surface area contributed by atoms with E-state index >= 15 is 0 Å². The molecule has 0 aromatic rings. The molecule has 0 saturated heterocycles. The third-order valence-electron chi connectivity index (χ3n) is 1.50. The second-order valence-electron chi connectivity index (χ2n) is 3.73. The van der Waals surface area contributed by atoms with Gasteiger partial charge in [-0.2, -0.15) is 0 Å². The highest BCUT2D eigenvalue weighted by atomic mass is 16.6. The Balaban J connectivity index is 3.50. The smallest absolute Gasteiger partial charge is 0.333 e. The Bertz CT molecular complexity index is 243. The van der Waals surface area contributed by atoms with Gasteiger partial charge in [0.05, 0.1) is 0 Å². The lowest BCUT2D eigenvalue weighted by atomic mass is 10.1. The summed E-state index contributed by atoms with van der Waals surface area (Å²) in [5, 5.41) is 0. The quantitative estimate of drug-likeness (QED) is 0.383. The zero-order valence-corrected chi connectivity index (χ0v) is 9.54. The standard InChI is InChI=1S/C11H18O4/c1-8(2)7-10(12)14-5-6-15-11(13)9(3)4/h8H,3,5-7H2,1-2,4H3. The number of carbonyl (C=O) groups is 2. The van der Waals surface area contributed by atoms with Crippen molar-refractivity contribution in [2.24, 2.45) is 5.92 Å². The van der Waals surface area contributed by atoms with Gasteiger partial charge in [-0.25, -0.2) is 4.79 Å². The second kappa shape index (κ2) is 7.04. The number of esters is 2. The molecule has 0 aliphatic heterocycles. The van der Waals surface area contributed by atoms with Gasteiger partial charge in [-0.1, -0.05) is 20.4 Å². The van der Waals surface area contributed by atoms with Crippen LogP contribution in [-0.4, -0.2) is 25.2 Å². The number of hydrogen-bond donors (Lipinski definition) is 0. The molecule has 0 fully saturated rings. The fraction of sp³-hybridized carbons (Fsp3) is 0.636. The molecule has 0 aliphatic rings. The number of rotatable bonds is 6. The molecular weight excluding hydrogens is 196 g/mol. The third-order valence-corrected chi connectivity index (χ3v) is 1.50. The summed E-state index contributed by atoms with van der Waals surface area (Å²) in [5.41, 5.74) is 0.337. The summed E-state index contributed by atoms with van der Waals surface area (Å²) >= 11 is 0. The van der Waals surface area contributed by atoms with Gasteiger partial charge in [-0.05, 0) is 12.8 Å². The first kappa shape index (κ1) is 13.7. The third kappa shape index (κ3) is 7.73. The first-order valence-electron chi connectivity index (χ1n) is 4.91. The van der Waals surface area contributed by atoms with Crippen molar-refractivity contribution in [1.29, 1.82) is 0 Å². The summed E-state index contributed by atoms with van der Waals surface area (Å²) in [5.74, 6) is -0.457. The number of ether oxygens (including phenoxy) is 2. The van der Waals surface area contributed by atoms with Crippen LogP contribution >= 0.6 is 0 Å². The van der Waals surface area contributed by atoms with Gasteiger partial charge in [0.1, 0.15) is 13.2 Å². The average molecular weight is 214 g/mol. The SMILES string of the molecule is C=C(C)C(=O)OCCOC(=O)CC(C)C. The maximum Gasteiger partial charge on any atom is 0.333 e. The van der Waals surface area contributed by atoms with E-state index in [9.17, 15) is 9.59 Å². The van der Waals surface area contributed by atoms with Crippen molar-refractivity contribution >= 4 is 11.9 Å². The van der Waals surface area contributed by atoms with Crippen LogP contribution in [0.3, 0.4) is 0 Å². The van der Waals surface area contributed by atoms with Gasteiger partial charge in [0.2, 0.25) is 0 Å². The summed E-state index contributed by atoms with van der Waals surface area (Å²) in [6.07, 6.45) is 0.383. The Morgan fingerprint density at radius 1 is 1.20 bits per heavy atom. The van der Waals surface area contributed by atoms with E-state index in [2.05, 4.69) is 6.58 Å². The molecule has 0 spiro atoms. The summed E-state index contributed by atoms with van der Waals surface area (Å²) in [4.78, 5) is 22.0. The molecule has 0 aromatic heterocycles. The number of hydrogen-bond acceptors (Lipinski definition) is 4. The molecule has 0 aliphatic carbocycles. The van der Waals surface area contributed by atoms with Crippen molar-refractivity contribution < 1.29 is 19.1 Å². The van der Waals surface area contributed by atoms with Crippen LogP contribution in [0.5, 0.6) is 0 Å². The topological polar surface area (TPSA) is 52.6 Å². The molecule has 15 heavy (non-hydrogen) atoms. The monoisotopic (exact) mass is 214 g/mol. The molecule has 0 atom stereocenters. The zero-order chi connectivity index (χ0) is 11.8. The van der Waals surface area contributed by atoms with E-state index in [-0.39, 0.29) is 25.1 Å². The van der Waals surface area contributed by atoms with Gasteiger partial charge >= 0.3 is 11.9 Å². The van der Waals surface area contributed by atoms with E-state index in [1.807, 2.05) is 13.8 Å². The van der Waals surface area contributed by atoms with Crippen molar-refractivity contribution in [2.45, 2.75) is 27.2 Å². The van der Waals surface area contributed by atoms with Crippen LogP contribution in [-0.2, 0) is 19.1 Å². The van der Waals surface area contributed by atoms with E-state index in [0.29, 0.717) is 12.0 Å². The van der Waals surface area contributed by atoms with Gasteiger partial charge in [0, 0.05) is 12.0 Å². The minimum absolute atomic E-state index is 0.0789. The van der Waals surface area contributed by atoms with Crippen LogP contribution in [0, 0.1) is 5.92 Å². The van der Waals surface area contributed by atoms with Crippen molar-refractivity contribution in [1.82, 2.24) is 0 Å². The first-order valence-corrected chi connectivity index (χ1v) is 4.91. The maximum absolute atomic E-state index is 11.1. The summed E-state index contributed by atoms with van der Waals surface area (Å²) < 4.78 is 9.58. The Kier molecular flexibility index (Phi) is 6.42. The molecule has 4 heteroatoms. The molecular formula is C11H18O4. The molecule has 0 heterocycles. The van der Waals surface area contributed by atoms with Crippen molar-refractivity contribution in [2.75, 3.05) is 13.2 Å². The van der Waals surface area contributed by atoms with Crippen molar-refractivity contribution in [3.63, 3.8) is 0 Å². The van der Waals surface area contributed by atoms with Gasteiger partial charge < -0.3 is 9.47 Å². The average Bonchev–Trinajstić information content (AvgIpc) is 2.10. The molecule has 0 N–H and O–H groups in total. The largest absolute Gasteiger partial charge is 0.462 e. The van der Waals surface area contributed by atoms with E-state index < -0.39 is 5.97 Å². The van der Waals surface area contributed by atoms with Crippen molar-refractivity contribution in [3.8, 4) is 0 Å². The van der Waals surface area contributed by atoms with Crippen LogP contribution in [0.25, 0.3) is 0 Å². The Labute approximate surface area is 90.2 Å². The van der Waals surface area contributed by atoms with Crippen LogP contribution in [0.15, 0.2) is 12.2 Å². The molecule has 0 saturated carbocycles. The summed E-state index contributed by atoms with van der Waals surface area (Å²) in [7, 11) is 0. The molecule has 0 unspecified atom stereocenters. The Morgan fingerprint density at radius 2 is 1.73 bits per heavy atom. The van der Waals surface area contributed by atoms with E-state index in [4.69, 9.17) is 9.47 Å². The lowest BCUT2D eigenvalue weighted by Crippen LogP contribution is -2.15. The first-order chi connectivity index (χ1) is 6.93. The lowest BCUT2D eigenvalue weighted by molar-refractivity contribution is -0.150. The molecule has 86 valence electrons.